The van der Waals surface area contributed by atoms with E-state index in [1.54, 1.807) is 13.0 Å². The second-order valence-corrected chi connectivity index (χ2v) is 2.90. The lowest BCUT2D eigenvalue weighted by molar-refractivity contribution is -0.111. The highest BCUT2D eigenvalue weighted by Gasteiger charge is 2.05. The fourth-order valence-corrected chi connectivity index (χ4v) is 0.869. The number of phenols is 2. The van der Waals surface area contributed by atoms with Gasteiger partial charge in [-0.3, -0.25) is 4.79 Å². The van der Waals surface area contributed by atoms with Gasteiger partial charge in [-0.15, -0.1) is 0 Å². The van der Waals surface area contributed by atoms with Crippen LogP contribution in [-0.2, 0) is 4.79 Å². The molecule has 0 aliphatic carbocycles. The van der Waals surface area contributed by atoms with Gasteiger partial charge in [-0.2, -0.15) is 0 Å². The van der Waals surface area contributed by atoms with Crippen LogP contribution in [0.15, 0.2) is 23.2 Å². The molecule has 4 heteroatoms. The van der Waals surface area contributed by atoms with E-state index < -0.39 is 0 Å². The number of Topliss-reactive ketones (excluding diaryl/α,β-unsaturated/α-hetero) is 1. The fraction of sp³-hybridized carbons (Fsp3) is 0.200. The van der Waals surface area contributed by atoms with Crippen molar-refractivity contribution in [1.82, 2.24) is 0 Å². The van der Waals surface area contributed by atoms with Gasteiger partial charge in [0.25, 0.3) is 0 Å². The Morgan fingerprint density at radius 1 is 1.29 bits per heavy atom. The number of ketones is 1. The maximum Gasteiger partial charge on any atom is 0.183 e. The van der Waals surface area contributed by atoms with Crippen molar-refractivity contribution >= 4 is 17.2 Å². The normalized spacial score (nSPS) is 11.4. The topological polar surface area (TPSA) is 69.9 Å². The number of benzene rings is 1. The molecular weight excluding hydrogens is 182 g/mol. The molecule has 1 aromatic rings. The molecule has 0 radical (unpaired) electrons. The standard InChI is InChI=1S/C10H11NO3/c1-6(7(2)12)11-8-4-3-5-9(13)10(8)14/h3-5,13-14H,1-2H3. The number of phenolic OH excluding ortho intramolecular Hbond substituents is 2. The highest BCUT2D eigenvalue weighted by molar-refractivity contribution is 6.38. The highest BCUT2D eigenvalue weighted by atomic mass is 16.3. The first-order chi connectivity index (χ1) is 6.52. The maximum atomic E-state index is 10.9. The van der Waals surface area contributed by atoms with Gasteiger partial charge in [-0.25, -0.2) is 4.99 Å². The number of hydrogen-bond donors (Lipinski definition) is 2. The fourth-order valence-electron chi connectivity index (χ4n) is 0.869. The van der Waals surface area contributed by atoms with Crippen LogP contribution in [-0.4, -0.2) is 21.7 Å². The molecule has 0 saturated carbocycles. The van der Waals surface area contributed by atoms with Crippen LogP contribution in [0.1, 0.15) is 13.8 Å². The molecule has 1 rings (SSSR count). The molecule has 74 valence electrons. The van der Waals surface area contributed by atoms with Crippen molar-refractivity contribution in [2.24, 2.45) is 4.99 Å². The van der Waals surface area contributed by atoms with Crippen LogP contribution in [0.25, 0.3) is 0 Å². The van der Waals surface area contributed by atoms with Gasteiger partial charge < -0.3 is 10.2 Å². The van der Waals surface area contributed by atoms with E-state index in [0.29, 0.717) is 0 Å². The number of aliphatic imine (C=N–C) groups is 1. The van der Waals surface area contributed by atoms with Gasteiger partial charge in [0.15, 0.2) is 17.3 Å². The van der Waals surface area contributed by atoms with Crippen molar-refractivity contribution in [2.75, 3.05) is 0 Å². The first kappa shape index (κ1) is 10.2. The van der Waals surface area contributed by atoms with E-state index in [1.165, 1.54) is 19.1 Å². The summed E-state index contributed by atoms with van der Waals surface area (Å²) in [5.74, 6) is -0.733. The first-order valence-corrected chi connectivity index (χ1v) is 4.09. The third-order valence-corrected chi connectivity index (χ3v) is 1.79. The smallest absolute Gasteiger partial charge is 0.183 e. The molecule has 14 heavy (non-hydrogen) atoms. The molecule has 2 N–H and O–H groups in total. The summed E-state index contributed by atoms with van der Waals surface area (Å²) in [5.41, 5.74) is 0.476. The number of hydrogen-bond acceptors (Lipinski definition) is 4. The Morgan fingerprint density at radius 2 is 1.93 bits per heavy atom. The van der Waals surface area contributed by atoms with E-state index in [0.717, 1.165) is 0 Å². The molecule has 0 atom stereocenters. The highest BCUT2D eigenvalue weighted by Crippen LogP contribution is 2.34. The quantitative estimate of drug-likeness (QED) is 0.555. The van der Waals surface area contributed by atoms with Gasteiger partial charge in [0.1, 0.15) is 5.69 Å². The van der Waals surface area contributed by atoms with Crippen molar-refractivity contribution in [3.63, 3.8) is 0 Å². The molecule has 0 aliphatic rings. The summed E-state index contributed by atoms with van der Waals surface area (Å²) in [7, 11) is 0. The minimum Gasteiger partial charge on any atom is -0.504 e. The van der Waals surface area contributed by atoms with Crippen LogP contribution in [0.2, 0.25) is 0 Å². The number of para-hydroxylation sites is 1. The Kier molecular flexibility index (Phi) is 2.86. The summed E-state index contributed by atoms with van der Waals surface area (Å²) in [6, 6.07) is 4.40. The Morgan fingerprint density at radius 3 is 2.50 bits per heavy atom. The van der Waals surface area contributed by atoms with Crippen LogP contribution >= 0.6 is 0 Å². The predicted octanol–water partition coefficient (Wildman–Crippen LogP) is 1.78. The van der Waals surface area contributed by atoms with Crippen LogP contribution in [0.4, 0.5) is 5.69 Å². The minimum absolute atomic E-state index is 0.173. The molecular formula is C10H11NO3. The van der Waals surface area contributed by atoms with Gasteiger partial charge in [0, 0.05) is 6.92 Å². The maximum absolute atomic E-state index is 10.9. The average molecular weight is 193 g/mol. The molecule has 0 heterocycles. The summed E-state index contributed by atoms with van der Waals surface area (Å²) in [5, 5.41) is 18.5. The van der Waals surface area contributed by atoms with E-state index in [-0.39, 0.29) is 28.7 Å². The second kappa shape index (κ2) is 3.91. The van der Waals surface area contributed by atoms with Gasteiger partial charge in [0.05, 0.1) is 5.71 Å². The molecule has 0 aliphatic heterocycles. The largest absolute Gasteiger partial charge is 0.504 e. The number of rotatable bonds is 2. The summed E-state index contributed by atoms with van der Waals surface area (Å²) in [6.07, 6.45) is 0. The van der Waals surface area contributed by atoms with Crippen LogP contribution < -0.4 is 0 Å². The van der Waals surface area contributed by atoms with Gasteiger partial charge >= 0.3 is 0 Å². The zero-order valence-electron chi connectivity index (χ0n) is 7.98. The Balaban J connectivity index is 3.15. The van der Waals surface area contributed by atoms with Gasteiger partial charge in [0.2, 0.25) is 0 Å². The number of nitrogens with zero attached hydrogens (tertiary/aromatic N) is 1. The van der Waals surface area contributed by atoms with Crippen molar-refractivity contribution in [1.29, 1.82) is 0 Å². The van der Waals surface area contributed by atoms with Crippen molar-refractivity contribution < 1.29 is 15.0 Å². The number of carbonyl (C=O) groups is 1. The molecule has 0 aromatic heterocycles. The summed E-state index contributed by atoms with van der Waals surface area (Å²) in [4.78, 5) is 14.7. The molecule has 0 amide bonds. The third-order valence-electron chi connectivity index (χ3n) is 1.79. The summed E-state index contributed by atoms with van der Waals surface area (Å²) < 4.78 is 0. The van der Waals surface area contributed by atoms with E-state index >= 15 is 0 Å². The Labute approximate surface area is 81.5 Å². The van der Waals surface area contributed by atoms with E-state index in [1.807, 2.05) is 0 Å². The van der Waals surface area contributed by atoms with Crippen molar-refractivity contribution in [2.45, 2.75) is 13.8 Å². The predicted molar refractivity (Wildman–Crippen MR) is 53.2 cm³/mol. The second-order valence-electron chi connectivity index (χ2n) is 2.90. The van der Waals surface area contributed by atoms with Gasteiger partial charge in [-0.1, -0.05) is 6.07 Å². The SMILES string of the molecule is CC(=O)C(C)=Nc1cccc(O)c1O. The zero-order valence-corrected chi connectivity index (χ0v) is 7.98. The molecule has 0 saturated heterocycles. The minimum atomic E-state index is -0.312. The lowest BCUT2D eigenvalue weighted by Gasteiger charge is -2.01. The van der Waals surface area contributed by atoms with Gasteiger partial charge in [-0.05, 0) is 19.1 Å². The van der Waals surface area contributed by atoms with Crippen LogP contribution in [0, 0.1) is 0 Å². The number of carbonyl (C=O) groups excluding carboxylic acids is 1. The Hall–Kier alpha value is -1.84. The van der Waals surface area contributed by atoms with E-state index in [9.17, 15) is 9.90 Å². The molecule has 0 spiro atoms. The first-order valence-electron chi connectivity index (χ1n) is 4.09. The molecule has 0 unspecified atom stereocenters. The molecule has 0 bridgehead atoms. The van der Waals surface area contributed by atoms with E-state index in [4.69, 9.17) is 5.11 Å². The molecule has 4 nitrogen and oxygen atoms in total. The lowest BCUT2D eigenvalue weighted by Crippen LogP contribution is -2.03. The molecule has 0 fully saturated rings. The third kappa shape index (κ3) is 2.10. The van der Waals surface area contributed by atoms with Crippen molar-refractivity contribution in [3.05, 3.63) is 18.2 Å². The van der Waals surface area contributed by atoms with E-state index in [2.05, 4.69) is 4.99 Å². The summed E-state index contributed by atoms with van der Waals surface area (Å²) >= 11 is 0. The average Bonchev–Trinajstić information content (AvgIpc) is 2.12. The summed E-state index contributed by atoms with van der Waals surface area (Å²) in [6.45, 7) is 2.94. The van der Waals surface area contributed by atoms with Crippen molar-refractivity contribution in [3.8, 4) is 11.5 Å². The Bertz CT molecular complexity index is 396. The monoisotopic (exact) mass is 193 g/mol. The van der Waals surface area contributed by atoms with Crippen LogP contribution in [0.3, 0.4) is 0 Å². The zero-order chi connectivity index (χ0) is 10.7. The lowest BCUT2D eigenvalue weighted by atomic mass is 10.2. The number of aromatic hydroxyl groups is 2. The van der Waals surface area contributed by atoms with Crippen LogP contribution in [0.5, 0.6) is 11.5 Å². The molecule has 1 aromatic carbocycles.